The molecule has 0 aliphatic rings. The highest BCUT2D eigenvalue weighted by Crippen LogP contribution is 2.14. The number of benzene rings is 1. The molecule has 12 heavy (non-hydrogen) atoms. The number of hydrogen-bond donors (Lipinski definition) is 2. The first-order valence-electron chi connectivity index (χ1n) is 3.35. The first-order valence-corrected chi connectivity index (χ1v) is 3.35. The zero-order valence-corrected chi connectivity index (χ0v) is 6.47. The van der Waals surface area contributed by atoms with Gasteiger partial charge in [-0.2, -0.15) is 0 Å². The minimum atomic E-state index is -1.27. The van der Waals surface area contributed by atoms with Crippen LogP contribution in [0.1, 0.15) is 5.56 Å². The summed E-state index contributed by atoms with van der Waals surface area (Å²) in [5, 5.41) is 10.2. The molecule has 0 aliphatic carbocycles. The molecule has 0 atom stereocenters. The number of amides is 1. The molecule has 4 heteroatoms. The number of carboxylic acid groups (broad SMARTS) is 1. The van der Waals surface area contributed by atoms with Crippen LogP contribution in [0, 0.1) is 12.7 Å². The Kier molecular flexibility index (Phi) is 2.28. The number of hydrogen-bond acceptors (Lipinski definition) is 1. The van der Waals surface area contributed by atoms with Crippen molar-refractivity contribution >= 4 is 11.8 Å². The van der Waals surface area contributed by atoms with Crippen molar-refractivity contribution < 1.29 is 14.3 Å². The lowest BCUT2D eigenvalue weighted by Gasteiger charge is -2.02. The van der Waals surface area contributed by atoms with Crippen LogP contribution < -0.4 is 5.32 Å². The van der Waals surface area contributed by atoms with Crippen LogP contribution in [0.25, 0.3) is 0 Å². The fourth-order valence-corrected chi connectivity index (χ4v) is 0.837. The first-order chi connectivity index (χ1) is 5.59. The van der Waals surface area contributed by atoms with Gasteiger partial charge in [0.25, 0.3) is 0 Å². The van der Waals surface area contributed by atoms with E-state index < -0.39 is 11.9 Å². The van der Waals surface area contributed by atoms with Gasteiger partial charge in [-0.1, -0.05) is 6.07 Å². The van der Waals surface area contributed by atoms with E-state index in [0.717, 1.165) is 5.56 Å². The number of aryl methyl sites for hydroxylation is 1. The Morgan fingerprint density at radius 2 is 2.25 bits per heavy atom. The zero-order valence-electron chi connectivity index (χ0n) is 6.47. The van der Waals surface area contributed by atoms with Gasteiger partial charge < -0.3 is 5.11 Å². The number of anilines is 1. The summed E-state index contributed by atoms with van der Waals surface area (Å²) in [5.41, 5.74) is 0.733. The molecule has 0 fully saturated rings. The molecule has 0 unspecified atom stereocenters. The lowest BCUT2D eigenvalue weighted by atomic mass is 10.2. The van der Waals surface area contributed by atoms with Gasteiger partial charge in [-0.15, -0.1) is 0 Å². The Morgan fingerprint density at radius 1 is 1.58 bits per heavy atom. The van der Waals surface area contributed by atoms with Gasteiger partial charge in [0.1, 0.15) is 5.82 Å². The van der Waals surface area contributed by atoms with Gasteiger partial charge in [-0.25, -0.2) is 9.18 Å². The minimum Gasteiger partial charge on any atom is -0.465 e. The molecule has 0 saturated carbocycles. The highest BCUT2D eigenvalue weighted by molar-refractivity contribution is 5.82. The molecule has 0 aliphatic heterocycles. The highest BCUT2D eigenvalue weighted by atomic mass is 19.1. The van der Waals surface area contributed by atoms with Crippen LogP contribution >= 0.6 is 0 Å². The monoisotopic (exact) mass is 169 g/mol. The van der Waals surface area contributed by atoms with Crippen molar-refractivity contribution in [3.8, 4) is 0 Å². The molecular weight excluding hydrogens is 161 g/mol. The van der Waals surface area contributed by atoms with E-state index in [0.29, 0.717) is 0 Å². The van der Waals surface area contributed by atoms with Gasteiger partial charge in [-0.3, -0.25) is 5.32 Å². The predicted molar refractivity (Wildman–Crippen MR) is 42.8 cm³/mol. The van der Waals surface area contributed by atoms with Crippen LogP contribution in [0.4, 0.5) is 14.9 Å². The average Bonchev–Trinajstić information content (AvgIpc) is 1.94. The van der Waals surface area contributed by atoms with Gasteiger partial charge in [0.15, 0.2) is 0 Å². The Hall–Kier alpha value is -1.58. The zero-order chi connectivity index (χ0) is 9.14. The van der Waals surface area contributed by atoms with E-state index >= 15 is 0 Å². The van der Waals surface area contributed by atoms with E-state index in [4.69, 9.17) is 5.11 Å². The Labute approximate surface area is 68.8 Å². The van der Waals surface area contributed by atoms with E-state index in [1.165, 1.54) is 12.1 Å². The Balaban J connectivity index is 2.93. The quantitative estimate of drug-likeness (QED) is 0.677. The van der Waals surface area contributed by atoms with E-state index in [1.54, 1.807) is 13.0 Å². The molecule has 0 spiro atoms. The molecule has 1 aromatic rings. The highest BCUT2D eigenvalue weighted by Gasteiger charge is 2.03. The standard InChI is InChI=1S/C8H8FNO2/c1-5-2-3-7(6(9)4-5)10-8(11)12/h2-4,10H,1H3,(H,11,12). The van der Waals surface area contributed by atoms with Crippen molar-refractivity contribution in [1.29, 1.82) is 0 Å². The Morgan fingerprint density at radius 3 is 2.75 bits per heavy atom. The van der Waals surface area contributed by atoms with E-state index in [-0.39, 0.29) is 5.69 Å². The second-order valence-electron chi connectivity index (χ2n) is 2.41. The molecule has 0 bridgehead atoms. The van der Waals surface area contributed by atoms with Crippen molar-refractivity contribution in [2.45, 2.75) is 6.92 Å². The van der Waals surface area contributed by atoms with Gasteiger partial charge in [0.2, 0.25) is 0 Å². The second kappa shape index (κ2) is 3.21. The largest absolute Gasteiger partial charge is 0.465 e. The SMILES string of the molecule is Cc1ccc(NC(=O)O)c(F)c1. The molecule has 1 aromatic carbocycles. The molecule has 3 nitrogen and oxygen atoms in total. The summed E-state index contributed by atoms with van der Waals surface area (Å²) in [4.78, 5) is 10.1. The van der Waals surface area contributed by atoms with E-state index in [2.05, 4.69) is 0 Å². The molecule has 1 amide bonds. The molecule has 1 rings (SSSR count). The van der Waals surface area contributed by atoms with Crippen molar-refractivity contribution in [3.05, 3.63) is 29.6 Å². The molecular formula is C8H8FNO2. The lowest BCUT2D eigenvalue weighted by Crippen LogP contribution is -2.08. The fourth-order valence-electron chi connectivity index (χ4n) is 0.837. The topological polar surface area (TPSA) is 49.3 Å². The van der Waals surface area contributed by atoms with Crippen LogP contribution in [-0.2, 0) is 0 Å². The number of halogens is 1. The lowest BCUT2D eigenvalue weighted by molar-refractivity contribution is 0.209. The number of carbonyl (C=O) groups is 1. The molecule has 0 radical (unpaired) electrons. The summed E-state index contributed by atoms with van der Waals surface area (Å²) in [6, 6.07) is 4.29. The maximum atomic E-state index is 12.9. The number of nitrogens with one attached hydrogen (secondary N) is 1. The smallest absolute Gasteiger partial charge is 0.409 e. The van der Waals surface area contributed by atoms with Gasteiger partial charge >= 0.3 is 6.09 Å². The first kappa shape index (κ1) is 8.52. The molecule has 0 aromatic heterocycles. The van der Waals surface area contributed by atoms with Crippen molar-refractivity contribution in [1.82, 2.24) is 0 Å². The third-order valence-corrected chi connectivity index (χ3v) is 1.37. The summed E-state index contributed by atoms with van der Waals surface area (Å²) in [5.74, 6) is -0.558. The van der Waals surface area contributed by atoms with Crippen molar-refractivity contribution in [2.24, 2.45) is 0 Å². The van der Waals surface area contributed by atoms with Crippen molar-refractivity contribution in [3.63, 3.8) is 0 Å². The van der Waals surface area contributed by atoms with Gasteiger partial charge in [-0.05, 0) is 24.6 Å². The molecule has 0 heterocycles. The molecule has 2 N–H and O–H groups in total. The third-order valence-electron chi connectivity index (χ3n) is 1.37. The Bertz CT molecular complexity index is 312. The van der Waals surface area contributed by atoms with Crippen LogP contribution in [0.5, 0.6) is 0 Å². The third kappa shape index (κ3) is 1.95. The second-order valence-corrected chi connectivity index (χ2v) is 2.41. The van der Waals surface area contributed by atoms with E-state index in [9.17, 15) is 9.18 Å². The van der Waals surface area contributed by atoms with Crippen LogP contribution in [0.3, 0.4) is 0 Å². The average molecular weight is 169 g/mol. The summed E-state index contributed by atoms with van der Waals surface area (Å²) in [6.45, 7) is 1.73. The summed E-state index contributed by atoms with van der Waals surface area (Å²) in [6.07, 6.45) is -1.27. The fraction of sp³-hybridized carbons (Fsp3) is 0.125. The van der Waals surface area contributed by atoms with Crippen LogP contribution in [-0.4, -0.2) is 11.2 Å². The summed E-state index contributed by atoms with van der Waals surface area (Å²) < 4.78 is 12.9. The van der Waals surface area contributed by atoms with Crippen molar-refractivity contribution in [2.75, 3.05) is 5.32 Å². The summed E-state index contributed by atoms with van der Waals surface area (Å²) >= 11 is 0. The molecule has 0 saturated heterocycles. The maximum Gasteiger partial charge on any atom is 0.409 e. The maximum absolute atomic E-state index is 12.9. The molecule has 64 valence electrons. The van der Waals surface area contributed by atoms with Gasteiger partial charge in [0.05, 0.1) is 5.69 Å². The van der Waals surface area contributed by atoms with Crippen LogP contribution in [0.15, 0.2) is 18.2 Å². The predicted octanol–water partition coefficient (Wildman–Crippen LogP) is 2.22. The van der Waals surface area contributed by atoms with E-state index in [1.807, 2.05) is 5.32 Å². The van der Waals surface area contributed by atoms with Crippen LogP contribution in [0.2, 0.25) is 0 Å². The van der Waals surface area contributed by atoms with Gasteiger partial charge in [0, 0.05) is 0 Å². The normalized spacial score (nSPS) is 9.50. The minimum absolute atomic E-state index is 0.0203. The number of rotatable bonds is 1. The summed E-state index contributed by atoms with van der Waals surface area (Å²) in [7, 11) is 0.